The Morgan fingerprint density at radius 3 is 2.44 bits per heavy atom. The molecule has 0 amide bonds. The second-order valence-electron chi connectivity index (χ2n) is 7.35. The molecule has 0 aliphatic carbocycles. The van der Waals surface area contributed by atoms with Crippen molar-refractivity contribution < 1.29 is 13.3 Å². The number of benzene rings is 2. The van der Waals surface area contributed by atoms with E-state index in [0.29, 0.717) is 16.5 Å². The molecule has 4 rings (SSSR count). The Morgan fingerprint density at radius 1 is 1.12 bits per heavy atom. The molecule has 0 spiro atoms. The molecule has 0 radical (unpaired) electrons. The van der Waals surface area contributed by atoms with Gasteiger partial charge in [0.1, 0.15) is 5.69 Å². The van der Waals surface area contributed by atoms with Crippen molar-refractivity contribution in [1.82, 2.24) is 18.9 Å². The van der Waals surface area contributed by atoms with Crippen LogP contribution < -0.4 is 10.3 Å². The molecule has 34 heavy (non-hydrogen) atoms. The monoisotopic (exact) mass is 500 g/mol. The molecule has 0 saturated heterocycles. The number of para-hydroxylation sites is 1. The van der Waals surface area contributed by atoms with Crippen LogP contribution in [0.3, 0.4) is 0 Å². The number of rotatable bonds is 7. The lowest BCUT2D eigenvalue weighted by atomic mass is 10.3. The quantitative estimate of drug-likeness (QED) is 0.304. The summed E-state index contributed by atoms with van der Waals surface area (Å²) in [6.45, 7) is 1.60. The Bertz CT molecular complexity index is 1550. The molecule has 0 unspecified atom stereocenters. The Hall–Kier alpha value is -3.84. The highest BCUT2D eigenvalue weighted by Crippen LogP contribution is 2.35. The van der Waals surface area contributed by atoms with Crippen molar-refractivity contribution in [3.05, 3.63) is 87.1 Å². The van der Waals surface area contributed by atoms with Crippen LogP contribution in [0.15, 0.2) is 80.7 Å². The Labute approximate surface area is 198 Å². The number of nitro benzene ring substituents is 1. The number of anilines is 1. The fourth-order valence-electron chi connectivity index (χ4n) is 3.32. The summed E-state index contributed by atoms with van der Waals surface area (Å²) >= 11 is 1.05. The first-order valence-corrected chi connectivity index (χ1v) is 12.2. The molecular formula is C21H20N6O5S2. The smallest absolute Gasteiger partial charge is 0.296 e. The molecule has 0 saturated carbocycles. The topological polar surface area (TPSA) is 134 Å². The molecule has 4 aromatic rings. The second-order valence-corrected chi connectivity index (χ2v) is 10.0. The predicted molar refractivity (Wildman–Crippen MR) is 127 cm³/mol. The molecule has 11 nitrogen and oxygen atoms in total. The summed E-state index contributed by atoms with van der Waals surface area (Å²) in [5.74, 6) is 0. The van der Waals surface area contributed by atoms with Gasteiger partial charge in [-0.3, -0.25) is 24.3 Å². The van der Waals surface area contributed by atoms with Crippen LogP contribution in [0.2, 0.25) is 0 Å². The zero-order valence-electron chi connectivity index (χ0n) is 18.4. The molecule has 2 aromatic heterocycles. The van der Waals surface area contributed by atoms with E-state index in [9.17, 15) is 23.3 Å². The summed E-state index contributed by atoms with van der Waals surface area (Å²) in [5.41, 5.74) is -0.141. The summed E-state index contributed by atoms with van der Waals surface area (Å²) in [5, 5.41) is 12.2. The van der Waals surface area contributed by atoms with Crippen molar-refractivity contribution in [2.24, 2.45) is 14.1 Å². The zero-order chi connectivity index (χ0) is 24.6. The predicted octanol–water partition coefficient (Wildman–Crippen LogP) is 3.08. The van der Waals surface area contributed by atoms with Gasteiger partial charge in [0, 0.05) is 32.6 Å². The van der Waals surface area contributed by atoms with Gasteiger partial charge in [0.15, 0.2) is 5.16 Å². The summed E-state index contributed by atoms with van der Waals surface area (Å²) in [7, 11) is -0.919. The van der Waals surface area contributed by atoms with Crippen molar-refractivity contribution in [2.75, 3.05) is 4.72 Å². The standard InChI is InChI=1S/C21H20N6O5S2/c1-14-19(20(28)26(25(14)3)15-7-5-4-6-8-15)23-34(31,32)16-9-10-18(17(13-16)27(29)30)33-21-22-11-12-24(21)2/h4-13,23H,1-3H3. The lowest BCUT2D eigenvalue weighted by Gasteiger charge is -2.09. The summed E-state index contributed by atoms with van der Waals surface area (Å²) in [4.78, 5) is 28.1. The first-order chi connectivity index (χ1) is 16.1. The fourth-order valence-corrected chi connectivity index (χ4v) is 5.35. The number of sulfonamides is 1. The Balaban J connectivity index is 1.72. The largest absolute Gasteiger partial charge is 0.329 e. The molecule has 0 aliphatic heterocycles. The molecule has 0 bridgehead atoms. The van der Waals surface area contributed by atoms with Crippen molar-refractivity contribution >= 4 is 33.2 Å². The lowest BCUT2D eigenvalue weighted by Crippen LogP contribution is -2.23. The molecular weight excluding hydrogens is 480 g/mol. The molecule has 13 heteroatoms. The average molecular weight is 501 g/mol. The van der Waals surface area contributed by atoms with Crippen molar-refractivity contribution in [2.45, 2.75) is 21.9 Å². The molecule has 2 heterocycles. The zero-order valence-corrected chi connectivity index (χ0v) is 20.0. The first kappa shape index (κ1) is 23.3. The van der Waals surface area contributed by atoms with Crippen molar-refractivity contribution in [1.29, 1.82) is 0 Å². The van der Waals surface area contributed by atoms with Gasteiger partial charge >= 0.3 is 0 Å². The summed E-state index contributed by atoms with van der Waals surface area (Å²) in [6.07, 6.45) is 3.25. The summed E-state index contributed by atoms with van der Waals surface area (Å²) < 4.78 is 33.1. The maximum atomic E-state index is 13.1. The van der Waals surface area contributed by atoms with Crippen molar-refractivity contribution in [3.8, 4) is 5.69 Å². The van der Waals surface area contributed by atoms with Crippen LogP contribution in [0, 0.1) is 17.0 Å². The highest BCUT2D eigenvalue weighted by molar-refractivity contribution is 7.99. The molecule has 0 atom stereocenters. The first-order valence-electron chi connectivity index (χ1n) is 9.90. The second kappa shape index (κ2) is 8.83. The van der Waals surface area contributed by atoms with E-state index in [1.807, 2.05) is 0 Å². The number of hydrogen-bond donors (Lipinski definition) is 1. The highest BCUT2D eigenvalue weighted by Gasteiger charge is 2.26. The number of aryl methyl sites for hydroxylation is 1. The van der Waals surface area contributed by atoms with E-state index < -0.39 is 20.5 Å². The molecule has 1 N–H and O–H groups in total. The SMILES string of the molecule is Cc1c(NS(=O)(=O)c2ccc(Sc3nccn3C)c([N+](=O)[O-])c2)c(=O)n(-c2ccccc2)n1C. The molecule has 0 aliphatic rings. The van der Waals surface area contributed by atoms with Crippen molar-refractivity contribution in [3.63, 3.8) is 0 Å². The Morgan fingerprint density at radius 2 is 1.82 bits per heavy atom. The van der Waals surface area contributed by atoms with E-state index in [0.717, 1.165) is 17.8 Å². The number of nitrogens with zero attached hydrogens (tertiary/aromatic N) is 5. The van der Waals surface area contributed by atoms with Crippen LogP contribution in [0.4, 0.5) is 11.4 Å². The van der Waals surface area contributed by atoms with Crippen LogP contribution in [0.1, 0.15) is 5.69 Å². The highest BCUT2D eigenvalue weighted by atomic mass is 32.2. The number of imidazole rings is 1. The average Bonchev–Trinajstić information content (AvgIpc) is 3.30. The lowest BCUT2D eigenvalue weighted by molar-refractivity contribution is -0.388. The normalized spacial score (nSPS) is 11.5. The Kier molecular flexibility index (Phi) is 6.06. The van der Waals surface area contributed by atoms with E-state index in [1.54, 1.807) is 68.3 Å². The van der Waals surface area contributed by atoms with E-state index in [-0.39, 0.29) is 21.2 Å². The summed E-state index contributed by atoms with van der Waals surface area (Å²) in [6, 6.07) is 12.4. The van der Waals surface area contributed by atoms with Gasteiger partial charge in [-0.05, 0) is 43.0 Å². The molecule has 2 aromatic carbocycles. The number of aromatic nitrogens is 4. The molecule has 0 fully saturated rings. The van der Waals surface area contributed by atoms with Gasteiger partial charge in [0.25, 0.3) is 21.3 Å². The van der Waals surface area contributed by atoms with Gasteiger partial charge in [-0.25, -0.2) is 18.1 Å². The number of nitrogens with one attached hydrogen (secondary N) is 1. The van der Waals surface area contributed by atoms with E-state index in [2.05, 4.69) is 9.71 Å². The van der Waals surface area contributed by atoms with Crippen LogP contribution in [0.25, 0.3) is 5.69 Å². The van der Waals surface area contributed by atoms with E-state index >= 15 is 0 Å². The number of hydrogen-bond acceptors (Lipinski definition) is 7. The van der Waals surface area contributed by atoms with Gasteiger partial charge in [-0.1, -0.05) is 18.2 Å². The van der Waals surface area contributed by atoms with Crippen LogP contribution in [0.5, 0.6) is 0 Å². The van der Waals surface area contributed by atoms with Gasteiger partial charge < -0.3 is 4.57 Å². The van der Waals surface area contributed by atoms with Crippen LogP contribution in [-0.4, -0.2) is 32.3 Å². The third kappa shape index (κ3) is 4.22. The molecule has 176 valence electrons. The maximum absolute atomic E-state index is 13.1. The van der Waals surface area contributed by atoms with Gasteiger partial charge in [-0.15, -0.1) is 0 Å². The third-order valence-corrected chi connectivity index (χ3v) is 7.69. The number of nitro groups is 1. The van der Waals surface area contributed by atoms with Crippen LogP contribution in [-0.2, 0) is 24.1 Å². The minimum atomic E-state index is -4.30. The third-order valence-electron chi connectivity index (χ3n) is 5.21. The van der Waals surface area contributed by atoms with E-state index in [1.165, 1.54) is 21.5 Å². The van der Waals surface area contributed by atoms with Gasteiger partial charge in [0.05, 0.1) is 26.1 Å². The minimum Gasteiger partial charge on any atom is -0.329 e. The van der Waals surface area contributed by atoms with Gasteiger partial charge in [0.2, 0.25) is 0 Å². The van der Waals surface area contributed by atoms with Crippen LogP contribution >= 0.6 is 11.8 Å². The minimum absolute atomic E-state index is 0.138. The van der Waals surface area contributed by atoms with Gasteiger partial charge in [-0.2, -0.15) is 0 Å². The fraction of sp³-hybridized carbons (Fsp3) is 0.143. The maximum Gasteiger partial charge on any atom is 0.296 e. The van der Waals surface area contributed by atoms with E-state index in [4.69, 9.17) is 0 Å².